The first kappa shape index (κ1) is 27.6. The van der Waals surface area contributed by atoms with Crippen molar-refractivity contribution in [3.8, 4) is 5.75 Å². The number of benzene rings is 1. The molecule has 1 saturated heterocycles. The molecule has 8 nitrogen and oxygen atoms in total. The van der Waals surface area contributed by atoms with Gasteiger partial charge in [-0.05, 0) is 37.0 Å². The number of aryl methyl sites for hydroxylation is 1. The molecule has 1 aromatic rings. The number of likely N-dealkylation sites (tertiary alicyclic amines) is 1. The fourth-order valence-corrected chi connectivity index (χ4v) is 4.21. The summed E-state index contributed by atoms with van der Waals surface area (Å²) < 4.78 is 21.4. The number of unbranched alkanes of at least 4 members (excludes halogenated alkanes) is 6. The summed E-state index contributed by atoms with van der Waals surface area (Å²) in [7, 11) is -4.51. The monoisotopic (exact) mass is 458 g/mol. The first-order valence-electron chi connectivity index (χ1n) is 11.1. The third kappa shape index (κ3) is 11.7. The molecule has 0 saturated carbocycles. The van der Waals surface area contributed by atoms with Crippen LogP contribution >= 0.6 is 7.82 Å². The Morgan fingerprint density at radius 1 is 1.10 bits per heavy atom. The zero-order chi connectivity index (χ0) is 21.8. The van der Waals surface area contributed by atoms with Crippen LogP contribution in [0.3, 0.4) is 0 Å². The molecule has 1 aliphatic heterocycles. The van der Waals surface area contributed by atoms with Crippen LogP contribution in [0.4, 0.5) is 0 Å². The maximum Gasteiger partial charge on any atom is 0.469 e. The van der Waals surface area contributed by atoms with E-state index in [1.54, 1.807) is 4.90 Å². The number of rotatable bonds is 14. The van der Waals surface area contributed by atoms with Gasteiger partial charge in [-0.15, -0.1) is 0 Å². The van der Waals surface area contributed by atoms with E-state index in [4.69, 9.17) is 14.5 Å². The first-order valence-corrected chi connectivity index (χ1v) is 12.6. The van der Waals surface area contributed by atoms with Crippen LogP contribution in [0.5, 0.6) is 5.75 Å². The van der Waals surface area contributed by atoms with Crippen LogP contribution in [0.1, 0.15) is 70.3 Å². The molecule has 0 aliphatic carbocycles. The van der Waals surface area contributed by atoms with E-state index in [0.29, 0.717) is 25.8 Å². The number of ether oxygens (including phenoxy) is 1. The van der Waals surface area contributed by atoms with E-state index in [-0.39, 0.29) is 18.6 Å². The fraction of sp³-hybridized carbons (Fsp3) is 0.682. The highest BCUT2D eigenvalue weighted by Crippen LogP contribution is 2.39. The molecule has 1 heterocycles. The standard InChI is InChI=1S/C22H36NO6P.H3N/c1-2-3-4-5-6-7-8-17-28-20-12-9-19(10-13-20)11-14-22(24)23-16-15-21(18-23)29-30(25,26)27;/h9-10,12-13,21H,2-8,11,14-18H2,1H3,(H2,25,26,27);1H3. The normalized spacial score (nSPS) is 16.2. The van der Waals surface area contributed by atoms with Crippen molar-refractivity contribution in [2.45, 2.75) is 77.2 Å². The van der Waals surface area contributed by atoms with Crippen molar-refractivity contribution in [1.29, 1.82) is 0 Å². The summed E-state index contributed by atoms with van der Waals surface area (Å²) in [5.41, 5.74) is 1.06. The molecule has 0 bridgehead atoms. The van der Waals surface area contributed by atoms with E-state index >= 15 is 0 Å². The smallest absolute Gasteiger partial charge is 0.469 e. The molecule has 5 N–H and O–H groups in total. The fourth-order valence-electron chi connectivity index (χ4n) is 3.65. The Morgan fingerprint density at radius 2 is 1.74 bits per heavy atom. The molecular formula is C22H39N2O6P. The van der Waals surface area contributed by atoms with Crippen molar-refractivity contribution in [1.82, 2.24) is 11.1 Å². The molecule has 2 rings (SSSR count). The lowest BCUT2D eigenvalue weighted by Crippen LogP contribution is -2.30. The van der Waals surface area contributed by atoms with Gasteiger partial charge in [0.25, 0.3) is 0 Å². The highest BCUT2D eigenvalue weighted by atomic mass is 31.2. The zero-order valence-electron chi connectivity index (χ0n) is 18.7. The Hall–Kier alpha value is -1.44. The van der Waals surface area contributed by atoms with Crippen molar-refractivity contribution in [3.05, 3.63) is 29.8 Å². The summed E-state index contributed by atoms with van der Waals surface area (Å²) in [6.45, 7) is 3.66. The lowest BCUT2D eigenvalue weighted by molar-refractivity contribution is -0.130. The molecule has 0 spiro atoms. The Kier molecular flexibility index (Phi) is 13.0. The number of nitrogens with zero attached hydrogens (tertiary/aromatic N) is 1. The molecule has 178 valence electrons. The van der Waals surface area contributed by atoms with E-state index in [0.717, 1.165) is 24.3 Å². The number of amides is 1. The second kappa shape index (κ2) is 14.6. The molecule has 1 aliphatic rings. The average molecular weight is 459 g/mol. The van der Waals surface area contributed by atoms with E-state index in [9.17, 15) is 9.36 Å². The summed E-state index contributed by atoms with van der Waals surface area (Å²) in [4.78, 5) is 31.7. The summed E-state index contributed by atoms with van der Waals surface area (Å²) in [6.07, 6.45) is 9.66. The van der Waals surface area contributed by atoms with Crippen molar-refractivity contribution in [2.24, 2.45) is 0 Å². The largest absolute Gasteiger partial charge is 0.494 e. The maximum absolute atomic E-state index is 12.3. The Morgan fingerprint density at radius 3 is 2.39 bits per heavy atom. The highest BCUT2D eigenvalue weighted by molar-refractivity contribution is 7.46. The molecular weight excluding hydrogens is 419 g/mol. The minimum Gasteiger partial charge on any atom is -0.494 e. The number of phosphoric ester groups is 1. The topological polar surface area (TPSA) is 131 Å². The molecule has 31 heavy (non-hydrogen) atoms. The molecule has 1 amide bonds. The molecule has 1 aromatic carbocycles. The lowest BCUT2D eigenvalue weighted by atomic mass is 10.1. The van der Waals surface area contributed by atoms with Gasteiger partial charge in [-0.2, -0.15) is 0 Å². The Labute approximate surface area is 186 Å². The number of phosphoric acid groups is 1. The maximum atomic E-state index is 12.3. The summed E-state index contributed by atoms with van der Waals surface area (Å²) in [5.74, 6) is 0.833. The van der Waals surface area contributed by atoms with Gasteiger partial charge in [0.1, 0.15) is 5.75 Å². The third-order valence-corrected chi connectivity index (χ3v) is 5.92. The zero-order valence-corrected chi connectivity index (χ0v) is 19.6. The predicted molar refractivity (Wildman–Crippen MR) is 121 cm³/mol. The van der Waals surface area contributed by atoms with Crippen LogP contribution in [0.2, 0.25) is 0 Å². The van der Waals surface area contributed by atoms with E-state index in [1.165, 1.54) is 38.5 Å². The van der Waals surface area contributed by atoms with Crippen LogP contribution < -0.4 is 10.9 Å². The number of carbonyl (C=O) groups is 1. The van der Waals surface area contributed by atoms with Gasteiger partial charge in [0.2, 0.25) is 5.91 Å². The van der Waals surface area contributed by atoms with Crippen LogP contribution in [-0.4, -0.2) is 46.4 Å². The minimum absolute atomic E-state index is 0. The Balaban J connectivity index is 0.00000480. The van der Waals surface area contributed by atoms with E-state index in [2.05, 4.69) is 11.4 Å². The number of hydrogen-bond acceptors (Lipinski definition) is 5. The van der Waals surface area contributed by atoms with E-state index < -0.39 is 13.9 Å². The highest BCUT2D eigenvalue weighted by Gasteiger charge is 2.31. The molecule has 1 unspecified atom stereocenters. The van der Waals surface area contributed by atoms with Gasteiger partial charge in [-0.1, -0.05) is 57.6 Å². The minimum atomic E-state index is -4.51. The summed E-state index contributed by atoms with van der Waals surface area (Å²) >= 11 is 0. The molecule has 0 radical (unpaired) electrons. The SMILES string of the molecule is CCCCCCCCCOc1ccc(CCC(=O)N2CCC(OP(=O)(O)O)C2)cc1.N. The second-order valence-corrected chi connectivity index (χ2v) is 9.15. The van der Waals surface area contributed by atoms with Gasteiger partial charge in [0.05, 0.1) is 12.7 Å². The van der Waals surface area contributed by atoms with Gasteiger partial charge in [0, 0.05) is 19.5 Å². The number of carbonyl (C=O) groups excluding carboxylic acids is 1. The Bertz CT molecular complexity index is 679. The van der Waals surface area contributed by atoms with Gasteiger partial charge in [0.15, 0.2) is 0 Å². The predicted octanol–water partition coefficient (Wildman–Crippen LogP) is 4.62. The van der Waals surface area contributed by atoms with Gasteiger partial charge in [-0.3, -0.25) is 9.32 Å². The molecule has 1 atom stereocenters. The van der Waals surface area contributed by atoms with E-state index in [1.807, 2.05) is 24.3 Å². The van der Waals surface area contributed by atoms with Gasteiger partial charge < -0.3 is 25.6 Å². The van der Waals surface area contributed by atoms with Crippen molar-refractivity contribution in [2.75, 3.05) is 19.7 Å². The van der Waals surface area contributed by atoms with Crippen molar-refractivity contribution >= 4 is 13.7 Å². The molecule has 0 aromatic heterocycles. The van der Waals surface area contributed by atoms with Crippen LogP contribution in [0, 0.1) is 0 Å². The van der Waals surface area contributed by atoms with Crippen molar-refractivity contribution in [3.63, 3.8) is 0 Å². The second-order valence-electron chi connectivity index (χ2n) is 7.96. The quantitative estimate of drug-likeness (QED) is 0.274. The number of hydrogen-bond donors (Lipinski definition) is 3. The van der Waals surface area contributed by atoms with Gasteiger partial charge >= 0.3 is 7.82 Å². The molecule has 9 heteroatoms. The van der Waals surface area contributed by atoms with Gasteiger partial charge in [-0.25, -0.2) is 4.57 Å². The average Bonchev–Trinajstić information content (AvgIpc) is 3.16. The van der Waals surface area contributed by atoms with Crippen molar-refractivity contribution < 1.29 is 28.4 Å². The van der Waals surface area contributed by atoms with Crippen LogP contribution in [0.25, 0.3) is 0 Å². The molecule has 1 fully saturated rings. The van der Waals surface area contributed by atoms with Crippen LogP contribution in [0.15, 0.2) is 24.3 Å². The third-order valence-electron chi connectivity index (χ3n) is 5.35. The summed E-state index contributed by atoms with van der Waals surface area (Å²) in [5, 5.41) is 0. The summed E-state index contributed by atoms with van der Waals surface area (Å²) in [6, 6.07) is 7.86. The van der Waals surface area contributed by atoms with Crippen LogP contribution in [-0.2, 0) is 20.3 Å². The lowest BCUT2D eigenvalue weighted by Gasteiger charge is -2.17. The first-order chi connectivity index (χ1) is 14.4.